The predicted octanol–water partition coefficient (Wildman–Crippen LogP) is 2.69. The molecule has 19 heavy (non-hydrogen) atoms. The molecule has 1 amide bonds. The highest BCUT2D eigenvalue weighted by Crippen LogP contribution is 2.12. The van der Waals surface area contributed by atoms with Gasteiger partial charge in [0, 0.05) is 18.7 Å². The van der Waals surface area contributed by atoms with Crippen LogP contribution < -0.4 is 5.32 Å². The van der Waals surface area contributed by atoms with Gasteiger partial charge in [-0.2, -0.15) is 0 Å². The number of nitrogens with zero attached hydrogens (tertiary/aromatic N) is 1. The first kappa shape index (κ1) is 15.1. The summed E-state index contributed by atoms with van der Waals surface area (Å²) in [5.74, 6) is 0.601. The fourth-order valence-electron chi connectivity index (χ4n) is 1.72. The van der Waals surface area contributed by atoms with Crippen LogP contribution in [0, 0.1) is 16.0 Å². The first-order valence-electron chi connectivity index (χ1n) is 6.49. The Morgan fingerprint density at radius 1 is 1.32 bits per heavy atom. The fourth-order valence-corrected chi connectivity index (χ4v) is 1.72. The molecule has 0 heterocycles. The molecule has 0 aliphatic carbocycles. The van der Waals surface area contributed by atoms with E-state index in [9.17, 15) is 14.9 Å². The van der Waals surface area contributed by atoms with Crippen molar-refractivity contribution in [2.75, 3.05) is 6.54 Å². The van der Waals surface area contributed by atoms with Crippen molar-refractivity contribution in [1.29, 1.82) is 0 Å². The van der Waals surface area contributed by atoms with Gasteiger partial charge in [0.05, 0.1) is 11.3 Å². The minimum atomic E-state index is -0.449. The first-order chi connectivity index (χ1) is 8.99. The summed E-state index contributed by atoms with van der Waals surface area (Å²) in [6.07, 6.45) is 2.33. The number of nitro groups is 1. The molecule has 1 N–H and O–H groups in total. The average molecular weight is 264 g/mol. The second-order valence-corrected chi connectivity index (χ2v) is 4.99. The molecule has 104 valence electrons. The molecule has 0 saturated carbocycles. The molecule has 1 aromatic rings. The van der Waals surface area contributed by atoms with Crippen LogP contribution in [-0.4, -0.2) is 17.4 Å². The summed E-state index contributed by atoms with van der Waals surface area (Å²) in [4.78, 5) is 21.7. The van der Waals surface area contributed by atoms with Gasteiger partial charge in [-0.05, 0) is 24.3 Å². The maximum absolute atomic E-state index is 11.6. The Morgan fingerprint density at radius 3 is 2.47 bits per heavy atom. The van der Waals surface area contributed by atoms with Crippen LogP contribution >= 0.6 is 0 Å². The van der Waals surface area contributed by atoms with Crippen molar-refractivity contribution in [3.05, 3.63) is 39.9 Å². The number of hydrogen-bond donors (Lipinski definition) is 1. The molecule has 5 heteroatoms. The second-order valence-electron chi connectivity index (χ2n) is 4.99. The number of nitrogens with one attached hydrogen (secondary N) is 1. The van der Waals surface area contributed by atoms with Crippen molar-refractivity contribution < 1.29 is 9.72 Å². The zero-order chi connectivity index (χ0) is 14.3. The van der Waals surface area contributed by atoms with Crippen LogP contribution in [-0.2, 0) is 11.2 Å². The minimum Gasteiger partial charge on any atom is -0.356 e. The van der Waals surface area contributed by atoms with E-state index in [4.69, 9.17) is 0 Å². The lowest BCUT2D eigenvalue weighted by molar-refractivity contribution is -0.384. The number of nitro benzene ring substituents is 1. The normalized spacial score (nSPS) is 10.5. The van der Waals surface area contributed by atoms with Crippen molar-refractivity contribution in [2.24, 2.45) is 5.92 Å². The Morgan fingerprint density at radius 2 is 1.95 bits per heavy atom. The highest BCUT2D eigenvalue weighted by molar-refractivity contribution is 5.78. The molecule has 0 fully saturated rings. The molecule has 0 aliphatic heterocycles. The van der Waals surface area contributed by atoms with Gasteiger partial charge in [-0.15, -0.1) is 0 Å². The molecule has 0 atom stereocenters. The van der Waals surface area contributed by atoms with E-state index in [0.29, 0.717) is 12.5 Å². The van der Waals surface area contributed by atoms with Crippen LogP contribution in [0.5, 0.6) is 0 Å². The number of benzene rings is 1. The van der Waals surface area contributed by atoms with Crippen molar-refractivity contribution in [3.63, 3.8) is 0 Å². The van der Waals surface area contributed by atoms with E-state index in [2.05, 4.69) is 19.2 Å². The molecular weight excluding hydrogens is 244 g/mol. The minimum absolute atomic E-state index is 0.0427. The van der Waals surface area contributed by atoms with Gasteiger partial charge < -0.3 is 5.32 Å². The van der Waals surface area contributed by atoms with Crippen molar-refractivity contribution >= 4 is 11.6 Å². The van der Waals surface area contributed by atoms with E-state index in [0.717, 1.165) is 18.4 Å². The third kappa shape index (κ3) is 5.99. The monoisotopic (exact) mass is 264 g/mol. The summed E-state index contributed by atoms with van der Waals surface area (Å²) < 4.78 is 0. The van der Waals surface area contributed by atoms with E-state index >= 15 is 0 Å². The van der Waals surface area contributed by atoms with Gasteiger partial charge in [-0.1, -0.05) is 26.0 Å². The topological polar surface area (TPSA) is 72.2 Å². The maximum atomic E-state index is 11.6. The van der Waals surface area contributed by atoms with Crippen LogP contribution in [0.25, 0.3) is 0 Å². The third-order valence-corrected chi connectivity index (χ3v) is 2.79. The van der Waals surface area contributed by atoms with Gasteiger partial charge in [0.2, 0.25) is 5.91 Å². The molecule has 1 aromatic carbocycles. The number of amides is 1. The second kappa shape index (κ2) is 7.51. The van der Waals surface area contributed by atoms with Gasteiger partial charge >= 0.3 is 0 Å². The van der Waals surface area contributed by atoms with Gasteiger partial charge in [-0.25, -0.2) is 0 Å². The number of rotatable bonds is 7. The highest BCUT2D eigenvalue weighted by atomic mass is 16.6. The van der Waals surface area contributed by atoms with Gasteiger partial charge in [0.25, 0.3) is 5.69 Å². The van der Waals surface area contributed by atoms with Crippen molar-refractivity contribution in [2.45, 2.75) is 33.1 Å². The molecule has 0 spiro atoms. The molecule has 0 unspecified atom stereocenters. The van der Waals surface area contributed by atoms with E-state index in [-0.39, 0.29) is 18.0 Å². The van der Waals surface area contributed by atoms with Crippen LogP contribution in [0.4, 0.5) is 5.69 Å². The molecule has 0 radical (unpaired) electrons. The largest absolute Gasteiger partial charge is 0.356 e. The average Bonchev–Trinajstić information content (AvgIpc) is 2.35. The predicted molar refractivity (Wildman–Crippen MR) is 73.9 cm³/mol. The number of non-ortho nitro benzene ring substituents is 1. The molecule has 0 saturated heterocycles. The fraction of sp³-hybridized carbons (Fsp3) is 0.500. The van der Waals surface area contributed by atoms with Gasteiger partial charge in [0.1, 0.15) is 0 Å². The van der Waals surface area contributed by atoms with E-state index in [1.54, 1.807) is 12.1 Å². The quantitative estimate of drug-likeness (QED) is 0.467. The molecule has 1 rings (SSSR count). The molecular formula is C14H20N2O3. The third-order valence-electron chi connectivity index (χ3n) is 2.79. The van der Waals surface area contributed by atoms with Crippen LogP contribution in [0.3, 0.4) is 0 Å². The lowest BCUT2D eigenvalue weighted by Gasteiger charge is -2.06. The summed E-state index contributed by atoms with van der Waals surface area (Å²) in [5, 5.41) is 13.3. The van der Waals surface area contributed by atoms with Gasteiger partial charge in [0.15, 0.2) is 0 Å². The molecule has 0 aliphatic rings. The Balaban J connectivity index is 2.34. The highest BCUT2D eigenvalue weighted by Gasteiger charge is 2.07. The summed E-state index contributed by atoms with van der Waals surface area (Å²) in [6, 6.07) is 6.07. The van der Waals surface area contributed by atoms with Crippen LogP contribution in [0.15, 0.2) is 24.3 Å². The van der Waals surface area contributed by atoms with E-state index in [1.807, 2.05) is 0 Å². The molecule has 0 bridgehead atoms. The Labute approximate surface area is 113 Å². The van der Waals surface area contributed by atoms with E-state index in [1.165, 1.54) is 12.1 Å². The molecule has 0 aromatic heterocycles. The van der Waals surface area contributed by atoms with Crippen LogP contribution in [0.2, 0.25) is 0 Å². The van der Waals surface area contributed by atoms with Crippen molar-refractivity contribution in [1.82, 2.24) is 5.32 Å². The Kier molecular flexibility index (Phi) is 5.99. The zero-order valence-corrected chi connectivity index (χ0v) is 11.4. The number of carbonyl (C=O) groups excluding carboxylic acids is 1. The smallest absolute Gasteiger partial charge is 0.269 e. The zero-order valence-electron chi connectivity index (χ0n) is 11.4. The number of hydrogen-bond acceptors (Lipinski definition) is 3. The molecule has 5 nitrogen and oxygen atoms in total. The number of carbonyl (C=O) groups is 1. The van der Waals surface area contributed by atoms with E-state index < -0.39 is 4.92 Å². The summed E-state index contributed by atoms with van der Waals surface area (Å²) in [7, 11) is 0. The van der Waals surface area contributed by atoms with Gasteiger partial charge in [-0.3, -0.25) is 14.9 Å². The lowest BCUT2D eigenvalue weighted by Crippen LogP contribution is -2.26. The summed E-state index contributed by atoms with van der Waals surface area (Å²) >= 11 is 0. The Hall–Kier alpha value is -1.91. The van der Waals surface area contributed by atoms with Crippen molar-refractivity contribution in [3.8, 4) is 0 Å². The standard InChI is InChI=1S/C14H20N2O3/c1-11(2)4-3-9-15-14(17)10-12-5-7-13(8-6-12)16(18)19/h5-8,11H,3-4,9-10H2,1-2H3,(H,15,17). The van der Waals surface area contributed by atoms with Crippen LogP contribution in [0.1, 0.15) is 32.3 Å². The first-order valence-corrected chi connectivity index (χ1v) is 6.49. The Bertz CT molecular complexity index is 427. The summed E-state index contributed by atoms with van der Waals surface area (Å²) in [5.41, 5.74) is 0.827. The summed E-state index contributed by atoms with van der Waals surface area (Å²) in [6.45, 7) is 4.99. The lowest BCUT2D eigenvalue weighted by atomic mass is 10.1. The maximum Gasteiger partial charge on any atom is 0.269 e. The SMILES string of the molecule is CC(C)CCCNC(=O)Cc1ccc([N+](=O)[O-])cc1.